The van der Waals surface area contributed by atoms with Crippen LogP contribution in [0.4, 0.5) is 0 Å². The molecular weight excluding hydrogens is 166 g/mol. The van der Waals surface area contributed by atoms with Crippen molar-refractivity contribution in [2.45, 2.75) is 13.3 Å². The van der Waals surface area contributed by atoms with Crippen LogP contribution in [0.15, 0.2) is 0 Å². The van der Waals surface area contributed by atoms with Crippen molar-refractivity contribution in [3.05, 3.63) is 0 Å². The smallest absolute Gasteiger partial charge is 0.211 e. The zero-order chi connectivity index (χ0) is 8.74. The van der Waals surface area contributed by atoms with Crippen molar-refractivity contribution in [3.8, 4) is 0 Å². The van der Waals surface area contributed by atoms with Gasteiger partial charge in [0.2, 0.25) is 10.0 Å². The van der Waals surface area contributed by atoms with E-state index in [0.29, 0.717) is 13.2 Å². The van der Waals surface area contributed by atoms with Gasteiger partial charge in [-0.3, -0.25) is 0 Å². The van der Waals surface area contributed by atoms with Crippen molar-refractivity contribution < 1.29 is 13.2 Å². The van der Waals surface area contributed by atoms with Crippen molar-refractivity contribution in [3.63, 3.8) is 0 Å². The molecule has 0 aliphatic rings. The third kappa shape index (κ3) is 6.28. The Hall–Kier alpha value is -0.130. The Bertz CT molecular complexity index is 176. The Morgan fingerprint density at radius 2 is 2.09 bits per heavy atom. The van der Waals surface area contributed by atoms with Crippen LogP contribution < -0.4 is 4.72 Å². The first-order valence-electron chi connectivity index (χ1n) is 3.58. The topological polar surface area (TPSA) is 55.4 Å². The predicted octanol–water partition coefficient (Wildman–Crippen LogP) is -0.0378. The van der Waals surface area contributed by atoms with Gasteiger partial charge in [-0.05, 0) is 13.3 Å². The van der Waals surface area contributed by atoms with Gasteiger partial charge in [0.25, 0.3) is 0 Å². The Kier molecular flexibility index (Phi) is 5.45. The molecule has 1 N–H and O–H groups in total. The van der Waals surface area contributed by atoms with Crippen LogP contribution in [0.2, 0.25) is 0 Å². The van der Waals surface area contributed by atoms with E-state index in [0.717, 1.165) is 6.42 Å². The van der Waals surface area contributed by atoms with Crippen molar-refractivity contribution in [2.75, 3.05) is 26.0 Å². The second kappa shape index (κ2) is 5.51. The summed E-state index contributed by atoms with van der Waals surface area (Å²) >= 11 is 0. The lowest BCUT2D eigenvalue weighted by molar-refractivity contribution is 0.196. The zero-order valence-electron chi connectivity index (χ0n) is 6.96. The molecule has 0 heterocycles. The predicted molar refractivity (Wildman–Crippen MR) is 44.0 cm³/mol. The standard InChI is InChI=1S/C6H15NO3S/c1-3-11(8,9)7-5-4-6-10-2/h7H,3-6H2,1-2H3. The molecule has 0 fully saturated rings. The van der Waals surface area contributed by atoms with E-state index >= 15 is 0 Å². The number of hydrogen-bond acceptors (Lipinski definition) is 3. The van der Waals surface area contributed by atoms with E-state index in [1.807, 2.05) is 0 Å². The molecule has 0 saturated heterocycles. The first-order valence-corrected chi connectivity index (χ1v) is 5.24. The molecule has 11 heavy (non-hydrogen) atoms. The van der Waals surface area contributed by atoms with E-state index < -0.39 is 10.0 Å². The quantitative estimate of drug-likeness (QED) is 0.585. The van der Waals surface area contributed by atoms with Gasteiger partial charge in [0.15, 0.2) is 0 Å². The molecule has 0 saturated carbocycles. The lowest BCUT2D eigenvalue weighted by Crippen LogP contribution is -2.26. The van der Waals surface area contributed by atoms with Crippen LogP contribution in [0.5, 0.6) is 0 Å². The van der Waals surface area contributed by atoms with Gasteiger partial charge >= 0.3 is 0 Å². The molecule has 0 radical (unpaired) electrons. The number of rotatable bonds is 6. The van der Waals surface area contributed by atoms with Crippen molar-refractivity contribution in [1.82, 2.24) is 4.72 Å². The normalized spacial score (nSPS) is 11.8. The fourth-order valence-corrected chi connectivity index (χ4v) is 1.21. The summed E-state index contributed by atoms with van der Waals surface area (Å²) in [5.74, 6) is 0.139. The zero-order valence-corrected chi connectivity index (χ0v) is 7.78. The number of ether oxygens (including phenoxy) is 1. The van der Waals surface area contributed by atoms with E-state index in [4.69, 9.17) is 4.74 Å². The average molecular weight is 181 g/mol. The Morgan fingerprint density at radius 3 is 2.55 bits per heavy atom. The van der Waals surface area contributed by atoms with Crippen molar-refractivity contribution in [1.29, 1.82) is 0 Å². The van der Waals surface area contributed by atoms with Crippen LogP contribution in [-0.4, -0.2) is 34.4 Å². The number of hydrogen-bond donors (Lipinski definition) is 1. The molecule has 0 aromatic rings. The largest absolute Gasteiger partial charge is 0.385 e. The van der Waals surface area contributed by atoms with Crippen LogP contribution in [0.3, 0.4) is 0 Å². The highest BCUT2D eigenvalue weighted by atomic mass is 32.2. The average Bonchev–Trinajstić information content (AvgIpc) is 1.99. The molecule has 4 nitrogen and oxygen atoms in total. The minimum Gasteiger partial charge on any atom is -0.385 e. The highest BCUT2D eigenvalue weighted by Gasteiger charge is 2.03. The summed E-state index contributed by atoms with van der Waals surface area (Å²) in [6.07, 6.45) is 0.718. The molecular formula is C6H15NO3S. The van der Waals surface area contributed by atoms with Crippen LogP contribution in [-0.2, 0) is 14.8 Å². The van der Waals surface area contributed by atoms with E-state index in [1.165, 1.54) is 0 Å². The molecule has 68 valence electrons. The lowest BCUT2D eigenvalue weighted by Gasteiger charge is -2.02. The summed E-state index contributed by atoms with van der Waals surface area (Å²) in [5, 5.41) is 0. The number of nitrogens with one attached hydrogen (secondary N) is 1. The van der Waals surface area contributed by atoms with Gasteiger partial charge < -0.3 is 4.74 Å². The maximum absolute atomic E-state index is 10.8. The molecule has 0 amide bonds. The van der Waals surface area contributed by atoms with Gasteiger partial charge in [0, 0.05) is 20.3 Å². The highest BCUT2D eigenvalue weighted by Crippen LogP contribution is 1.83. The number of sulfonamides is 1. The molecule has 0 aliphatic carbocycles. The first kappa shape index (κ1) is 10.9. The fourth-order valence-electron chi connectivity index (χ4n) is 0.546. The van der Waals surface area contributed by atoms with Gasteiger partial charge in [-0.15, -0.1) is 0 Å². The third-order valence-electron chi connectivity index (χ3n) is 1.23. The summed E-state index contributed by atoms with van der Waals surface area (Å²) in [6.45, 7) is 2.66. The molecule has 5 heteroatoms. The maximum Gasteiger partial charge on any atom is 0.211 e. The molecule has 0 aromatic heterocycles. The minimum absolute atomic E-state index is 0.139. The van der Waals surface area contributed by atoms with E-state index in [-0.39, 0.29) is 5.75 Å². The molecule has 0 aromatic carbocycles. The van der Waals surface area contributed by atoms with Gasteiger partial charge in [0.05, 0.1) is 5.75 Å². The molecule has 0 atom stereocenters. The second-order valence-electron chi connectivity index (χ2n) is 2.14. The molecule has 0 rings (SSSR count). The SMILES string of the molecule is CCS(=O)(=O)NCCCOC. The Labute approximate surface area is 68.0 Å². The maximum atomic E-state index is 10.8. The van der Waals surface area contributed by atoms with Crippen LogP contribution in [0, 0.1) is 0 Å². The van der Waals surface area contributed by atoms with Crippen molar-refractivity contribution >= 4 is 10.0 Å². The third-order valence-corrected chi connectivity index (χ3v) is 2.63. The Balaban J connectivity index is 3.39. The summed E-state index contributed by atoms with van der Waals surface area (Å²) in [7, 11) is -1.41. The number of methoxy groups -OCH3 is 1. The summed E-state index contributed by atoms with van der Waals surface area (Å²) in [5.41, 5.74) is 0. The van der Waals surface area contributed by atoms with Crippen LogP contribution in [0.25, 0.3) is 0 Å². The van der Waals surface area contributed by atoms with Crippen LogP contribution in [0.1, 0.15) is 13.3 Å². The van der Waals surface area contributed by atoms with Crippen LogP contribution >= 0.6 is 0 Å². The Morgan fingerprint density at radius 1 is 1.45 bits per heavy atom. The van der Waals surface area contributed by atoms with Crippen molar-refractivity contribution in [2.24, 2.45) is 0 Å². The van der Waals surface area contributed by atoms with Gasteiger partial charge in [-0.1, -0.05) is 0 Å². The van der Waals surface area contributed by atoms with Gasteiger partial charge in [-0.25, -0.2) is 13.1 Å². The molecule has 0 bridgehead atoms. The van der Waals surface area contributed by atoms with E-state index in [1.54, 1.807) is 14.0 Å². The molecule has 0 unspecified atom stereocenters. The fraction of sp³-hybridized carbons (Fsp3) is 1.00. The molecule has 0 aliphatic heterocycles. The minimum atomic E-state index is -3.01. The van der Waals surface area contributed by atoms with Gasteiger partial charge in [0.1, 0.15) is 0 Å². The monoisotopic (exact) mass is 181 g/mol. The second-order valence-corrected chi connectivity index (χ2v) is 4.24. The summed E-state index contributed by atoms with van der Waals surface area (Å²) in [6, 6.07) is 0. The highest BCUT2D eigenvalue weighted by molar-refractivity contribution is 7.89. The summed E-state index contributed by atoms with van der Waals surface area (Å²) < 4.78 is 28.8. The van der Waals surface area contributed by atoms with Gasteiger partial charge in [-0.2, -0.15) is 0 Å². The van der Waals surface area contributed by atoms with E-state index in [2.05, 4.69) is 4.72 Å². The first-order chi connectivity index (χ1) is 5.12. The molecule has 0 spiro atoms. The van der Waals surface area contributed by atoms with E-state index in [9.17, 15) is 8.42 Å². The summed E-state index contributed by atoms with van der Waals surface area (Å²) in [4.78, 5) is 0. The lowest BCUT2D eigenvalue weighted by atomic mass is 10.5.